The number of hydrogen-bond acceptors (Lipinski definition) is 3. The lowest BCUT2D eigenvalue weighted by molar-refractivity contribution is -0.140. The number of H-pyrrole nitrogens is 1. The molecule has 17 heavy (non-hydrogen) atoms. The molecule has 1 fully saturated rings. The number of aromatic amines is 1. The molecule has 1 saturated carbocycles. The van der Waals surface area contributed by atoms with E-state index in [-0.39, 0.29) is 0 Å². The Bertz CT molecular complexity index is 586. The number of thiophene rings is 1. The van der Waals surface area contributed by atoms with Crippen LogP contribution in [0.5, 0.6) is 0 Å². The first-order valence-corrected chi connectivity index (χ1v) is 6.82. The minimum Gasteiger partial charge on any atom is -0.480 e. The summed E-state index contributed by atoms with van der Waals surface area (Å²) in [5, 5.41) is 11.2. The zero-order valence-corrected chi connectivity index (χ0v) is 11.1. The normalized spacial score (nSPS) is 17.0. The summed E-state index contributed by atoms with van der Waals surface area (Å²) in [4.78, 5) is 19.6. The van der Waals surface area contributed by atoms with Crippen molar-refractivity contribution in [3.63, 3.8) is 0 Å². The number of hydrogen-bond donors (Lipinski definition) is 2. The molecule has 0 spiro atoms. The van der Waals surface area contributed by atoms with Gasteiger partial charge in [-0.25, -0.2) is 4.98 Å². The van der Waals surface area contributed by atoms with E-state index in [1.165, 1.54) is 0 Å². The molecule has 0 unspecified atom stereocenters. The molecule has 2 heterocycles. The van der Waals surface area contributed by atoms with E-state index in [1.54, 1.807) is 17.5 Å². The van der Waals surface area contributed by atoms with E-state index in [0.717, 1.165) is 15.0 Å². The van der Waals surface area contributed by atoms with Crippen molar-refractivity contribution >= 4 is 33.2 Å². The summed E-state index contributed by atoms with van der Waals surface area (Å²) in [7, 11) is 0. The fourth-order valence-electron chi connectivity index (χ4n) is 1.82. The van der Waals surface area contributed by atoms with Crippen LogP contribution in [-0.4, -0.2) is 21.0 Å². The Kier molecular flexibility index (Phi) is 2.38. The van der Waals surface area contributed by atoms with Gasteiger partial charge in [0.25, 0.3) is 0 Å². The fourth-order valence-corrected chi connectivity index (χ4v) is 3.21. The predicted octanol–water partition coefficient (Wildman–Crippen LogP) is 3.02. The lowest BCUT2D eigenvalue weighted by Crippen LogP contribution is -2.20. The molecule has 3 rings (SSSR count). The fraction of sp³-hybridized carbons (Fsp3) is 0.273. The number of carboxylic acid groups (broad SMARTS) is 1. The largest absolute Gasteiger partial charge is 0.480 e. The molecule has 0 radical (unpaired) electrons. The molecule has 2 aromatic rings. The minimum atomic E-state index is -0.786. The molecule has 2 aromatic heterocycles. The molecule has 0 aliphatic heterocycles. The Hall–Kier alpha value is -1.14. The number of nitrogens with one attached hydrogen (secondary N) is 1. The topological polar surface area (TPSA) is 66.0 Å². The van der Waals surface area contributed by atoms with Gasteiger partial charge in [0.15, 0.2) is 0 Å². The molecule has 0 aromatic carbocycles. The average Bonchev–Trinajstić information content (AvgIpc) is 2.76. The highest BCUT2D eigenvalue weighted by Gasteiger charge is 2.54. The molecular formula is C11H9BrN2O2S. The van der Waals surface area contributed by atoms with E-state index < -0.39 is 11.4 Å². The van der Waals surface area contributed by atoms with Crippen LogP contribution < -0.4 is 0 Å². The van der Waals surface area contributed by atoms with Crippen molar-refractivity contribution in [2.45, 2.75) is 18.3 Å². The second kappa shape index (κ2) is 3.68. The van der Waals surface area contributed by atoms with Crippen LogP contribution in [0.15, 0.2) is 22.1 Å². The van der Waals surface area contributed by atoms with Crippen molar-refractivity contribution in [3.8, 4) is 10.6 Å². The van der Waals surface area contributed by atoms with Gasteiger partial charge < -0.3 is 10.1 Å². The van der Waals surface area contributed by atoms with Crippen molar-refractivity contribution in [1.82, 2.24) is 9.97 Å². The van der Waals surface area contributed by atoms with E-state index in [4.69, 9.17) is 0 Å². The van der Waals surface area contributed by atoms with Crippen LogP contribution in [0.3, 0.4) is 0 Å². The van der Waals surface area contributed by atoms with E-state index in [0.29, 0.717) is 18.7 Å². The van der Waals surface area contributed by atoms with Gasteiger partial charge in [0.1, 0.15) is 11.2 Å². The summed E-state index contributed by atoms with van der Waals surface area (Å²) < 4.78 is 1.02. The SMILES string of the molecule is O=C(O)C1(c2ncc(-c3cc(Br)cs3)[nH]2)CC1. The number of rotatable bonds is 3. The molecule has 1 aliphatic carbocycles. The molecule has 4 nitrogen and oxygen atoms in total. The number of nitrogens with zero attached hydrogens (tertiary/aromatic N) is 1. The zero-order valence-electron chi connectivity index (χ0n) is 8.74. The van der Waals surface area contributed by atoms with Gasteiger partial charge >= 0.3 is 5.97 Å². The smallest absolute Gasteiger partial charge is 0.317 e. The first-order valence-electron chi connectivity index (χ1n) is 5.15. The molecule has 1 aliphatic rings. The second-order valence-corrected chi connectivity index (χ2v) is 5.99. The van der Waals surface area contributed by atoms with Gasteiger partial charge in [-0.2, -0.15) is 0 Å². The van der Waals surface area contributed by atoms with Crippen molar-refractivity contribution < 1.29 is 9.90 Å². The number of aromatic nitrogens is 2. The first kappa shape index (κ1) is 11.0. The lowest BCUT2D eigenvalue weighted by Gasteiger charge is -2.04. The maximum absolute atomic E-state index is 11.2. The van der Waals surface area contributed by atoms with E-state index in [1.807, 2.05) is 11.4 Å². The van der Waals surface area contributed by atoms with Gasteiger partial charge in [-0.05, 0) is 34.8 Å². The van der Waals surface area contributed by atoms with Crippen LogP contribution >= 0.6 is 27.3 Å². The van der Waals surface area contributed by atoms with Gasteiger partial charge in [-0.15, -0.1) is 11.3 Å². The Labute approximate surface area is 110 Å². The van der Waals surface area contributed by atoms with E-state index in [9.17, 15) is 9.90 Å². The van der Waals surface area contributed by atoms with Gasteiger partial charge in [0, 0.05) is 9.85 Å². The Balaban J connectivity index is 1.96. The molecule has 6 heteroatoms. The molecule has 2 N–H and O–H groups in total. The third-order valence-corrected chi connectivity index (χ3v) is 4.75. The number of carbonyl (C=O) groups is 1. The number of aliphatic carboxylic acids is 1. The molecular weight excluding hydrogens is 304 g/mol. The standard InChI is InChI=1S/C11H9BrN2O2S/c12-6-3-8(17-5-6)7-4-13-9(14-7)11(1-2-11)10(15)16/h3-5H,1-2H2,(H,13,14)(H,15,16). The summed E-state index contributed by atoms with van der Waals surface area (Å²) in [5.41, 5.74) is 0.121. The Morgan fingerprint density at radius 3 is 2.88 bits per heavy atom. The summed E-state index contributed by atoms with van der Waals surface area (Å²) >= 11 is 4.98. The van der Waals surface area contributed by atoms with E-state index in [2.05, 4.69) is 25.9 Å². The monoisotopic (exact) mass is 312 g/mol. The van der Waals surface area contributed by atoms with Crippen molar-refractivity contribution in [2.24, 2.45) is 0 Å². The van der Waals surface area contributed by atoms with Gasteiger partial charge in [0.2, 0.25) is 0 Å². The number of halogens is 1. The molecule has 0 atom stereocenters. The van der Waals surface area contributed by atoms with Crippen LogP contribution in [0.25, 0.3) is 10.6 Å². The maximum atomic E-state index is 11.2. The highest BCUT2D eigenvalue weighted by atomic mass is 79.9. The van der Waals surface area contributed by atoms with Crippen LogP contribution in [0, 0.1) is 0 Å². The average molecular weight is 313 g/mol. The van der Waals surface area contributed by atoms with Crippen molar-refractivity contribution in [1.29, 1.82) is 0 Å². The van der Waals surface area contributed by atoms with Gasteiger partial charge in [0.05, 0.1) is 16.8 Å². The van der Waals surface area contributed by atoms with Crippen LogP contribution in [0.4, 0.5) is 0 Å². The molecule has 0 saturated heterocycles. The zero-order chi connectivity index (χ0) is 12.0. The minimum absolute atomic E-state index is 0.574. The predicted molar refractivity (Wildman–Crippen MR) is 68.1 cm³/mol. The van der Waals surface area contributed by atoms with Crippen molar-refractivity contribution in [2.75, 3.05) is 0 Å². The van der Waals surface area contributed by atoms with Crippen LogP contribution in [0.1, 0.15) is 18.7 Å². The molecule has 0 amide bonds. The summed E-state index contributed by atoms with van der Waals surface area (Å²) in [6.45, 7) is 0. The highest BCUT2D eigenvalue weighted by molar-refractivity contribution is 9.10. The summed E-state index contributed by atoms with van der Waals surface area (Å²) in [6.07, 6.45) is 3.05. The number of imidazole rings is 1. The van der Waals surface area contributed by atoms with Gasteiger partial charge in [-0.1, -0.05) is 0 Å². The summed E-state index contributed by atoms with van der Waals surface area (Å²) in [6, 6.07) is 1.99. The second-order valence-electron chi connectivity index (χ2n) is 4.16. The van der Waals surface area contributed by atoms with Gasteiger partial charge in [-0.3, -0.25) is 4.79 Å². The maximum Gasteiger partial charge on any atom is 0.317 e. The highest BCUT2D eigenvalue weighted by Crippen LogP contribution is 2.47. The molecule has 0 bridgehead atoms. The van der Waals surface area contributed by atoms with Crippen LogP contribution in [0.2, 0.25) is 0 Å². The van der Waals surface area contributed by atoms with E-state index >= 15 is 0 Å². The van der Waals surface area contributed by atoms with Crippen LogP contribution in [-0.2, 0) is 10.2 Å². The Morgan fingerprint density at radius 2 is 2.35 bits per heavy atom. The summed E-state index contributed by atoms with van der Waals surface area (Å²) in [5.74, 6) is -0.213. The number of carboxylic acids is 1. The van der Waals surface area contributed by atoms with Crippen molar-refractivity contribution in [3.05, 3.63) is 27.9 Å². The first-order chi connectivity index (χ1) is 8.12. The third-order valence-electron chi connectivity index (χ3n) is 3.02. The Morgan fingerprint density at radius 1 is 1.59 bits per heavy atom. The molecule has 88 valence electrons. The lowest BCUT2D eigenvalue weighted by atomic mass is 10.1. The third kappa shape index (κ3) is 1.71. The quantitative estimate of drug-likeness (QED) is 0.915.